The monoisotopic (exact) mass is 338 g/mol. The smallest absolute Gasteiger partial charge is 0.0673 e. The molecule has 0 aromatic heterocycles. The van der Waals surface area contributed by atoms with Gasteiger partial charge in [0.2, 0.25) is 0 Å². The molecule has 2 aromatic carbocycles. The van der Waals surface area contributed by atoms with E-state index in [0.717, 1.165) is 0 Å². The Bertz CT molecular complexity index is 920. The van der Waals surface area contributed by atoms with E-state index in [-0.39, 0.29) is 5.41 Å². The molecule has 0 bridgehead atoms. The van der Waals surface area contributed by atoms with Gasteiger partial charge in [0.15, 0.2) is 0 Å². The Hall–Kier alpha value is -2.86. The van der Waals surface area contributed by atoms with Crippen LogP contribution in [0.2, 0.25) is 0 Å². The van der Waals surface area contributed by atoms with Crippen molar-refractivity contribution >= 4 is 5.57 Å². The number of benzene rings is 2. The van der Waals surface area contributed by atoms with Gasteiger partial charge in [-0.3, -0.25) is 0 Å². The van der Waals surface area contributed by atoms with Crippen molar-refractivity contribution in [3.05, 3.63) is 125 Å². The van der Waals surface area contributed by atoms with Crippen molar-refractivity contribution in [2.24, 2.45) is 0 Å². The van der Waals surface area contributed by atoms with Crippen LogP contribution in [-0.4, -0.2) is 0 Å². The Morgan fingerprint density at radius 1 is 0.923 bits per heavy atom. The number of rotatable bonds is 5. The molecule has 0 radical (unpaired) electrons. The molecule has 2 aromatic rings. The van der Waals surface area contributed by atoms with Gasteiger partial charge in [0.1, 0.15) is 0 Å². The van der Waals surface area contributed by atoms with Crippen molar-refractivity contribution in [1.29, 1.82) is 0 Å². The first kappa shape index (κ1) is 17.9. The van der Waals surface area contributed by atoms with Gasteiger partial charge in [0.25, 0.3) is 0 Å². The van der Waals surface area contributed by atoms with E-state index in [1.54, 1.807) is 0 Å². The first-order valence-corrected chi connectivity index (χ1v) is 9.17. The number of hydrogen-bond donors (Lipinski definition) is 0. The third-order valence-corrected chi connectivity index (χ3v) is 5.25. The van der Waals surface area contributed by atoms with E-state index in [4.69, 9.17) is 0 Å². The van der Waals surface area contributed by atoms with Gasteiger partial charge in [0, 0.05) is 0 Å². The molecule has 0 aliphatic heterocycles. The average Bonchev–Trinajstić information content (AvgIpc) is 2.93. The molecule has 0 saturated carbocycles. The Kier molecular flexibility index (Phi) is 5.23. The zero-order valence-corrected chi connectivity index (χ0v) is 15.9. The van der Waals surface area contributed by atoms with Gasteiger partial charge in [-0.25, -0.2) is 0 Å². The van der Waals surface area contributed by atoms with Gasteiger partial charge in [-0.05, 0) is 54.2 Å². The Morgan fingerprint density at radius 2 is 1.62 bits per heavy atom. The SMILES string of the molecule is C=C/C(=C\C=C/C)C1(c2ccccc2)C(C)=C(/C=C\C)c2ccccc21. The minimum absolute atomic E-state index is 0.312. The summed E-state index contributed by atoms with van der Waals surface area (Å²) in [6.45, 7) is 10.5. The van der Waals surface area contributed by atoms with E-state index in [9.17, 15) is 0 Å². The summed E-state index contributed by atoms with van der Waals surface area (Å²) in [6, 6.07) is 19.5. The van der Waals surface area contributed by atoms with Crippen molar-refractivity contribution in [3.8, 4) is 0 Å². The molecule has 0 heterocycles. The van der Waals surface area contributed by atoms with E-state index in [1.807, 2.05) is 13.0 Å². The summed E-state index contributed by atoms with van der Waals surface area (Å²) in [5, 5.41) is 0. The number of fused-ring (bicyclic) bond motifs is 1. The summed E-state index contributed by atoms with van der Waals surface area (Å²) in [4.78, 5) is 0. The molecule has 1 unspecified atom stereocenters. The zero-order chi connectivity index (χ0) is 18.6. The third kappa shape index (κ3) is 2.63. The molecule has 1 atom stereocenters. The van der Waals surface area contributed by atoms with Crippen LogP contribution in [0.25, 0.3) is 5.57 Å². The van der Waals surface area contributed by atoms with Crippen LogP contribution >= 0.6 is 0 Å². The van der Waals surface area contributed by atoms with Gasteiger partial charge in [-0.2, -0.15) is 0 Å². The summed E-state index contributed by atoms with van der Waals surface area (Å²) >= 11 is 0. The van der Waals surface area contributed by atoms with Crippen LogP contribution in [0.4, 0.5) is 0 Å². The number of allylic oxidation sites excluding steroid dienone is 9. The van der Waals surface area contributed by atoms with Crippen molar-refractivity contribution in [1.82, 2.24) is 0 Å². The first-order valence-electron chi connectivity index (χ1n) is 9.17. The molecule has 0 heteroatoms. The molecule has 1 aliphatic carbocycles. The lowest BCUT2D eigenvalue weighted by Gasteiger charge is -2.35. The molecule has 0 N–H and O–H groups in total. The molecule has 0 amide bonds. The largest absolute Gasteiger partial charge is 0.0987 e. The fourth-order valence-corrected chi connectivity index (χ4v) is 4.18. The highest BCUT2D eigenvalue weighted by molar-refractivity contribution is 5.89. The minimum atomic E-state index is -0.312. The topological polar surface area (TPSA) is 0 Å². The minimum Gasteiger partial charge on any atom is -0.0987 e. The molecule has 1 aliphatic rings. The second-order valence-electron chi connectivity index (χ2n) is 6.55. The lowest BCUT2D eigenvalue weighted by Crippen LogP contribution is -2.29. The van der Waals surface area contributed by atoms with Crippen LogP contribution in [0, 0.1) is 0 Å². The number of hydrogen-bond acceptors (Lipinski definition) is 0. The van der Waals surface area contributed by atoms with E-state index in [0.29, 0.717) is 0 Å². The summed E-state index contributed by atoms with van der Waals surface area (Å²) in [6.07, 6.45) is 12.7. The zero-order valence-electron chi connectivity index (χ0n) is 15.9. The quantitative estimate of drug-likeness (QED) is 0.514. The normalized spacial score (nSPS) is 20.2. The molecule has 0 nitrogen and oxygen atoms in total. The van der Waals surface area contributed by atoms with Crippen LogP contribution < -0.4 is 0 Å². The van der Waals surface area contributed by atoms with E-state index in [2.05, 4.69) is 105 Å². The second-order valence-corrected chi connectivity index (χ2v) is 6.55. The van der Waals surface area contributed by atoms with Crippen LogP contribution in [0.5, 0.6) is 0 Å². The predicted octanol–water partition coefficient (Wildman–Crippen LogP) is 7.02. The first-order chi connectivity index (χ1) is 12.7. The summed E-state index contributed by atoms with van der Waals surface area (Å²) in [7, 11) is 0. The summed E-state index contributed by atoms with van der Waals surface area (Å²) < 4.78 is 0. The molecule has 0 saturated heterocycles. The van der Waals surface area contributed by atoms with Gasteiger partial charge < -0.3 is 0 Å². The molecule has 26 heavy (non-hydrogen) atoms. The summed E-state index contributed by atoms with van der Waals surface area (Å²) in [5.74, 6) is 0. The maximum atomic E-state index is 4.16. The van der Waals surface area contributed by atoms with E-state index < -0.39 is 0 Å². The van der Waals surface area contributed by atoms with Crippen molar-refractivity contribution in [2.45, 2.75) is 26.2 Å². The van der Waals surface area contributed by atoms with E-state index >= 15 is 0 Å². The Balaban J connectivity index is 2.48. The lowest BCUT2D eigenvalue weighted by atomic mass is 9.66. The van der Waals surface area contributed by atoms with Crippen molar-refractivity contribution < 1.29 is 0 Å². The molecule has 3 rings (SSSR count). The predicted molar refractivity (Wildman–Crippen MR) is 114 cm³/mol. The van der Waals surface area contributed by atoms with Gasteiger partial charge >= 0.3 is 0 Å². The molecule has 130 valence electrons. The highest BCUT2D eigenvalue weighted by atomic mass is 14.5. The van der Waals surface area contributed by atoms with Gasteiger partial charge in [0.05, 0.1) is 5.41 Å². The Labute approximate surface area is 157 Å². The fourth-order valence-electron chi connectivity index (χ4n) is 4.18. The molecular weight excluding hydrogens is 312 g/mol. The van der Waals surface area contributed by atoms with Crippen LogP contribution in [-0.2, 0) is 5.41 Å². The van der Waals surface area contributed by atoms with Gasteiger partial charge in [-0.15, -0.1) is 0 Å². The third-order valence-electron chi connectivity index (χ3n) is 5.25. The van der Waals surface area contributed by atoms with Crippen LogP contribution in [0.15, 0.2) is 109 Å². The molecule has 0 spiro atoms. The maximum Gasteiger partial charge on any atom is 0.0673 e. The lowest BCUT2D eigenvalue weighted by molar-refractivity contribution is 0.742. The van der Waals surface area contributed by atoms with Crippen LogP contribution in [0.3, 0.4) is 0 Å². The van der Waals surface area contributed by atoms with Crippen molar-refractivity contribution in [2.75, 3.05) is 0 Å². The fraction of sp³-hybridized carbons (Fsp3) is 0.154. The maximum absolute atomic E-state index is 4.16. The van der Waals surface area contributed by atoms with Crippen LogP contribution in [0.1, 0.15) is 37.5 Å². The average molecular weight is 338 g/mol. The highest BCUT2D eigenvalue weighted by Crippen LogP contribution is 2.54. The molecule has 0 fully saturated rings. The van der Waals surface area contributed by atoms with Crippen molar-refractivity contribution in [3.63, 3.8) is 0 Å². The highest BCUT2D eigenvalue weighted by Gasteiger charge is 2.45. The Morgan fingerprint density at radius 3 is 2.27 bits per heavy atom. The second kappa shape index (κ2) is 7.58. The summed E-state index contributed by atoms with van der Waals surface area (Å²) in [5.41, 5.74) is 7.45. The standard InChI is InChI=1S/C26H26/c1-5-8-15-21(7-3)26(22-16-10-9-11-17-22)20(4)23(14-6-2)24-18-12-13-19-25(24)26/h5-19H,3H2,1-2,4H3/b8-5-,14-6-,21-15+. The molecular formula is C26H26. The van der Waals surface area contributed by atoms with E-state index in [1.165, 1.54) is 33.4 Å². The van der Waals surface area contributed by atoms with Gasteiger partial charge in [-0.1, -0.05) is 97.6 Å².